The summed E-state index contributed by atoms with van der Waals surface area (Å²) in [5.41, 5.74) is 2.63. The molecule has 1 N–H and O–H groups in total. The molecule has 0 aliphatic rings. The van der Waals surface area contributed by atoms with E-state index in [1.807, 2.05) is 47.4 Å². The maximum atomic E-state index is 12.3. The Kier molecular flexibility index (Phi) is 5.50. The molecule has 0 unspecified atom stereocenters. The number of aromatic nitrogens is 2. The summed E-state index contributed by atoms with van der Waals surface area (Å²) in [5, 5.41) is 7.29. The number of para-hydroxylation sites is 1. The first-order valence-corrected chi connectivity index (χ1v) is 8.67. The first kappa shape index (κ1) is 17.2. The second kappa shape index (κ2) is 7.98. The van der Waals surface area contributed by atoms with Crippen LogP contribution in [0.4, 0.5) is 0 Å². The molecular weight excluding hydrogens is 382 g/mol. The topological polar surface area (TPSA) is 56.1 Å². The molecular formula is C19H18BrN3O2. The highest BCUT2D eigenvalue weighted by molar-refractivity contribution is 9.10. The van der Waals surface area contributed by atoms with E-state index in [1.54, 1.807) is 25.3 Å². The summed E-state index contributed by atoms with van der Waals surface area (Å²) < 4.78 is 7.73. The third kappa shape index (κ3) is 4.28. The number of ether oxygens (including phenoxy) is 1. The Bertz CT molecular complexity index is 862. The average molecular weight is 400 g/mol. The molecule has 3 rings (SSSR count). The van der Waals surface area contributed by atoms with E-state index in [4.69, 9.17) is 4.74 Å². The molecule has 2 aromatic carbocycles. The summed E-state index contributed by atoms with van der Waals surface area (Å²) in [6.45, 7) is 0.531. The van der Waals surface area contributed by atoms with Gasteiger partial charge in [-0.25, -0.2) is 4.68 Å². The van der Waals surface area contributed by atoms with Crippen molar-refractivity contribution in [3.63, 3.8) is 0 Å². The molecule has 5 nitrogen and oxygen atoms in total. The van der Waals surface area contributed by atoms with Crippen LogP contribution in [0.5, 0.6) is 5.75 Å². The van der Waals surface area contributed by atoms with Gasteiger partial charge in [-0.05, 0) is 58.2 Å². The zero-order chi connectivity index (χ0) is 17.6. The predicted molar refractivity (Wildman–Crippen MR) is 100 cm³/mol. The van der Waals surface area contributed by atoms with E-state index in [-0.39, 0.29) is 5.91 Å². The summed E-state index contributed by atoms with van der Waals surface area (Å²) in [5.74, 6) is 0.513. The summed E-state index contributed by atoms with van der Waals surface area (Å²) >= 11 is 3.40. The number of carbonyl (C=O) groups is 1. The smallest absolute Gasteiger partial charge is 0.252 e. The second-order valence-electron chi connectivity index (χ2n) is 5.48. The van der Waals surface area contributed by atoms with E-state index in [0.717, 1.165) is 15.7 Å². The lowest BCUT2D eigenvalue weighted by Gasteiger charge is -2.08. The monoisotopic (exact) mass is 399 g/mol. The summed E-state index contributed by atoms with van der Waals surface area (Å²) in [6, 6.07) is 15.2. The number of hydrogen-bond acceptors (Lipinski definition) is 3. The van der Waals surface area contributed by atoms with E-state index in [2.05, 4.69) is 26.3 Å². The third-order valence-electron chi connectivity index (χ3n) is 3.77. The Hall–Kier alpha value is -2.60. The fourth-order valence-electron chi connectivity index (χ4n) is 2.43. The van der Waals surface area contributed by atoms with E-state index in [9.17, 15) is 4.79 Å². The van der Waals surface area contributed by atoms with Gasteiger partial charge in [-0.15, -0.1) is 0 Å². The van der Waals surface area contributed by atoms with Crippen LogP contribution in [0.2, 0.25) is 0 Å². The molecule has 0 spiro atoms. The molecule has 0 radical (unpaired) electrons. The number of carbonyl (C=O) groups excluding carboxylic acids is 1. The zero-order valence-corrected chi connectivity index (χ0v) is 15.4. The number of nitrogens with one attached hydrogen (secondary N) is 1. The highest BCUT2D eigenvalue weighted by Crippen LogP contribution is 2.22. The molecule has 128 valence electrons. The van der Waals surface area contributed by atoms with Crippen molar-refractivity contribution in [2.75, 3.05) is 13.7 Å². The molecule has 0 atom stereocenters. The molecule has 0 bridgehead atoms. The first-order chi connectivity index (χ1) is 12.2. The Morgan fingerprint density at radius 1 is 1.24 bits per heavy atom. The van der Waals surface area contributed by atoms with Gasteiger partial charge in [0.2, 0.25) is 0 Å². The van der Waals surface area contributed by atoms with Gasteiger partial charge in [0, 0.05) is 17.2 Å². The van der Waals surface area contributed by atoms with Crippen molar-refractivity contribution in [2.24, 2.45) is 0 Å². The minimum atomic E-state index is -0.138. The maximum Gasteiger partial charge on any atom is 0.252 e. The maximum absolute atomic E-state index is 12.3. The lowest BCUT2D eigenvalue weighted by molar-refractivity contribution is 0.0953. The van der Waals surface area contributed by atoms with Crippen molar-refractivity contribution in [3.05, 3.63) is 76.5 Å². The van der Waals surface area contributed by atoms with Gasteiger partial charge in [-0.1, -0.05) is 18.2 Å². The standard InChI is InChI=1S/C19H18BrN3O2/c1-25-16-7-8-18(20)17(11-16)19(24)21-10-9-14-12-22-23(13-14)15-5-3-2-4-6-15/h2-8,11-13H,9-10H2,1H3,(H,21,24). The fraction of sp³-hybridized carbons (Fsp3) is 0.158. The highest BCUT2D eigenvalue weighted by Gasteiger charge is 2.11. The number of benzene rings is 2. The lowest BCUT2D eigenvalue weighted by Crippen LogP contribution is -2.26. The van der Waals surface area contributed by atoms with Crippen molar-refractivity contribution in [1.82, 2.24) is 15.1 Å². The van der Waals surface area contributed by atoms with Crippen molar-refractivity contribution in [3.8, 4) is 11.4 Å². The predicted octanol–water partition coefficient (Wildman–Crippen LogP) is 3.62. The van der Waals surface area contributed by atoms with Crippen molar-refractivity contribution >= 4 is 21.8 Å². The van der Waals surface area contributed by atoms with Gasteiger partial charge in [0.1, 0.15) is 5.75 Å². The van der Waals surface area contributed by atoms with Gasteiger partial charge in [-0.3, -0.25) is 4.79 Å². The molecule has 3 aromatic rings. The van der Waals surface area contributed by atoms with Gasteiger partial charge >= 0.3 is 0 Å². The molecule has 0 aliphatic heterocycles. The second-order valence-corrected chi connectivity index (χ2v) is 6.33. The minimum absolute atomic E-state index is 0.138. The van der Waals surface area contributed by atoms with E-state index in [0.29, 0.717) is 24.3 Å². The molecule has 0 aliphatic carbocycles. The van der Waals surface area contributed by atoms with Gasteiger partial charge < -0.3 is 10.1 Å². The van der Waals surface area contributed by atoms with Crippen molar-refractivity contribution in [2.45, 2.75) is 6.42 Å². The van der Waals surface area contributed by atoms with Crippen molar-refractivity contribution in [1.29, 1.82) is 0 Å². The average Bonchev–Trinajstić information content (AvgIpc) is 3.11. The summed E-state index contributed by atoms with van der Waals surface area (Å²) in [7, 11) is 1.58. The molecule has 25 heavy (non-hydrogen) atoms. The first-order valence-electron chi connectivity index (χ1n) is 7.88. The Morgan fingerprint density at radius 3 is 2.80 bits per heavy atom. The van der Waals surface area contributed by atoms with Crippen LogP contribution in [-0.4, -0.2) is 29.3 Å². The number of nitrogens with zero attached hydrogens (tertiary/aromatic N) is 2. The number of rotatable bonds is 6. The van der Waals surface area contributed by atoms with Gasteiger partial charge in [0.05, 0.1) is 24.6 Å². The SMILES string of the molecule is COc1ccc(Br)c(C(=O)NCCc2cnn(-c3ccccc3)c2)c1. The highest BCUT2D eigenvalue weighted by atomic mass is 79.9. The van der Waals surface area contributed by atoms with Crippen LogP contribution in [0.25, 0.3) is 5.69 Å². The minimum Gasteiger partial charge on any atom is -0.497 e. The number of amides is 1. The van der Waals surface area contributed by atoms with E-state index >= 15 is 0 Å². The third-order valence-corrected chi connectivity index (χ3v) is 4.47. The summed E-state index contributed by atoms with van der Waals surface area (Å²) in [6.07, 6.45) is 4.50. The van der Waals surface area contributed by atoms with Gasteiger partial charge in [-0.2, -0.15) is 5.10 Å². The Morgan fingerprint density at radius 2 is 2.04 bits per heavy atom. The summed E-state index contributed by atoms with van der Waals surface area (Å²) in [4.78, 5) is 12.3. The van der Waals surface area contributed by atoms with Crippen molar-refractivity contribution < 1.29 is 9.53 Å². The Balaban J connectivity index is 1.58. The van der Waals surface area contributed by atoms with E-state index < -0.39 is 0 Å². The van der Waals surface area contributed by atoms with Crippen LogP contribution in [-0.2, 0) is 6.42 Å². The molecule has 0 saturated carbocycles. The fourth-order valence-corrected chi connectivity index (χ4v) is 2.86. The number of hydrogen-bond donors (Lipinski definition) is 1. The number of halogens is 1. The van der Waals surface area contributed by atoms with Gasteiger partial charge in [0.25, 0.3) is 5.91 Å². The van der Waals surface area contributed by atoms with Crippen LogP contribution in [0.3, 0.4) is 0 Å². The molecule has 6 heteroatoms. The lowest BCUT2D eigenvalue weighted by atomic mass is 10.2. The zero-order valence-electron chi connectivity index (χ0n) is 13.8. The largest absolute Gasteiger partial charge is 0.497 e. The van der Waals surface area contributed by atoms with Crippen LogP contribution in [0, 0.1) is 0 Å². The molecule has 0 fully saturated rings. The van der Waals surface area contributed by atoms with E-state index in [1.165, 1.54) is 0 Å². The normalized spacial score (nSPS) is 10.5. The van der Waals surface area contributed by atoms with Crippen LogP contribution >= 0.6 is 15.9 Å². The quantitative estimate of drug-likeness (QED) is 0.688. The van der Waals surface area contributed by atoms with Crippen LogP contribution in [0.1, 0.15) is 15.9 Å². The van der Waals surface area contributed by atoms with Crippen LogP contribution in [0.15, 0.2) is 65.4 Å². The molecule has 1 amide bonds. The molecule has 0 saturated heterocycles. The molecule has 1 aromatic heterocycles. The van der Waals surface area contributed by atoms with Crippen LogP contribution < -0.4 is 10.1 Å². The number of methoxy groups -OCH3 is 1. The Labute approximate surface area is 154 Å². The molecule has 1 heterocycles. The van der Waals surface area contributed by atoms with Gasteiger partial charge in [0.15, 0.2) is 0 Å².